The van der Waals surface area contributed by atoms with E-state index in [1.54, 1.807) is 30.7 Å². The van der Waals surface area contributed by atoms with Gasteiger partial charge < -0.3 is 9.64 Å². The Kier molecular flexibility index (Phi) is 4.14. The van der Waals surface area contributed by atoms with Crippen LogP contribution in [0.1, 0.15) is 24.5 Å². The molecule has 1 amide bonds. The van der Waals surface area contributed by atoms with E-state index in [1.165, 1.54) is 0 Å². The van der Waals surface area contributed by atoms with Gasteiger partial charge in [0.25, 0.3) is 5.91 Å². The van der Waals surface area contributed by atoms with Crippen molar-refractivity contribution >= 4 is 5.91 Å². The number of rotatable bonds is 4. The number of H-pyrrole nitrogens is 1. The minimum Gasteiger partial charge on any atom is -0.482 e. The molecule has 21 heavy (non-hydrogen) atoms. The molecule has 1 aliphatic heterocycles. The molecule has 1 atom stereocenters. The number of aromatic nitrogens is 3. The van der Waals surface area contributed by atoms with Gasteiger partial charge in [-0.2, -0.15) is 5.10 Å². The second-order valence-electron chi connectivity index (χ2n) is 5.17. The smallest absolute Gasteiger partial charge is 0.260 e. The lowest BCUT2D eigenvalue weighted by molar-refractivity contribution is -0.134. The first kappa shape index (κ1) is 13.6. The zero-order chi connectivity index (χ0) is 14.5. The third-order valence-electron chi connectivity index (χ3n) is 3.73. The van der Waals surface area contributed by atoms with Crippen LogP contribution in [-0.4, -0.2) is 45.7 Å². The number of hydrogen-bond acceptors (Lipinski definition) is 4. The Morgan fingerprint density at radius 3 is 3.14 bits per heavy atom. The van der Waals surface area contributed by atoms with E-state index in [-0.39, 0.29) is 12.5 Å². The molecule has 2 aromatic heterocycles. The molecular formula is C15H18N4O2. The minimum atomic E-state index is 0.0167. The zero-order valence-electron chi connectivity index (χ0n) is 11.7. The average Bonchev–Trinajstić information content (AvgIpc) is 3.08. The lowest BCUT2D eigenvalue weighted by atomic mass is 9.95. The van der Waals surface area contributed by atoms with Crippen molar-refractivity contribution < 1.29 is 9.53 Å². The summed E-state index contributed by atoms with van der Waals surface area (Å²) >= 11 is 0. The number of carbonyl (C=O) groups excluding carboxylic acids is 1. The quantitative estimate of drug-likeness (QED) is 0.926. The molecule has 1 fully saturated rings. The Morgan fingerprint density at radius 2 is 2.38 bits per heavy atom. The summed E-state index contributed by atoms with van der Waals surface area (Å²) in [6.07, 6.45) is 7.12. The van der Waals surface area contributed by atoms with Gasteiger partial charge >= 0.3 is 0 Å². The van der Waals surface area contributed by atoms with Crippen LogP contribution in [-0.2, 0) is 4.79 Å². The summed E-state index contributed by atoms with van der Waals surface area (Å²) in [4.78, 5) is 18.1. The molecule has 6 nitrogen and oxygen atoms in total. The third kappa shape index (κ3) is 3.39. The molecule has 110 valence electrons. The van der Waals surface area contributed by atoms with Gasteiger partial charge in [0.05, 0.1) is 6.20 Å². The Bertz CT molecular complexity index is 571. The highest BCUT2D eigenvalue weighted by Crippen LogP contribution is 2.25. The molecule has 1 unspecified atom stereocenters. The summed E-state index contributed by atoms with van der Waals surface area (Å²) < 4.78 is 5.47. The van der Waals surface area contributed by atoms with Gasteiger partial charge in [-0.1, -0.05) is 0 Å². The maximum atomic E-state index is 12.2. The fourth-order valence-electron chi connectivity index (χ4n) is 2.62. The van der Waals surface area contributed by atoms with Gasteiger partial charge in [-0.05, 0) is 31.0 Å². The lowest BCUT2D eigenvalue weighted by Crippen LogP contribution is -2.41. The molecule has 0 saturated carbocycles. The van der Waals surface area contributed by atoms with E-state index in [9.17, 15) is 4.79 Å². The fraction of sp³-hybridized carbons (Fsp3) is 0.400. The summed E-state index contributed by atoms with van der Waals surface area (Å²) in [6.45, 7) is 1.57. The number of carbonyl (C=O) groups is 1. The number of aromatic amines is 1. The monoisotopic (exact) mass is 286 g/mol. The van der Waals surface area contributed by atoms with Crippen molar-refractivity contribution in [2.75, 3.05) is 19.7 Å². The Morgan fingerprint density at radius 1 is 1.43 bits per heavy atom. The van der Waals surface area contributed by atoms with E-state index in [4.69, 9.17) is 4.74 Å². The van der Waals surface area contributed by atoms with Gasteiger partial charge in [-0.25, -0.2) is 0 Å². The van der Waals surface area contributed by atoms with E-state index < -0.39 is 0 Å². The molecule has 1 aliphatic rings. The first-order valence-corrected chi connectivity index (χ1v) is 7.13. The van der Waals surface area contributed by atoms with Crippen LogP contribution in [0.15, 0.2) is 36.8 Å². The van der Waals surface area contributed by atoms with Crippen LogP contribution >= 0.6 is 0 Å². The molecule has 0 radical (unpaired) electrons. The summed E-state index contributed by atoms with van der Waals surface area (Å²) in [5.41, 5.74) is 1.10. The molecule has 1 N–H and O–H groups in total. The van der Waals surface area contributed by atoms with Gasteiger partial charge in [0.1, 0.15) is 5.75 Å². The van der Waals surface area contributed by atoms with E-state index in [2.05, 4.69) is 15.2 Å². The SMILES string of the molecule is O=C(COc1cccnc1)N1CCCC(c2ccn[nH]2)C1. The van der Waals surface area contributed by atoms with Crippen molar-refractivity contribution in [1.29, 1.82) is 0 Å². The Hall–Kier alpha value is -2.37. The maximum Gasteiger partial charge on any atom is 0.260 e. The predicted molar refractivity (Wildman–Crippen MR) is 76.9 cm³/mol. The van der Waals surface area contributed by atoms with Gasteiger partial charge in [-0.15, -0.1) is 0 Å². The van der Waals surface area contributed by atoms with Gasteiger partial charge in [0.2, 0.25) is 0 Å². The summed E-state index contributed by atoms with van der Waals surface area (Å²) in [7, 11) is 0. The van der Waals surface area contributed by atoms with Gasteiger partial charge in [0.15, 0.2) is 6.61 Å². The van der Waals surface area contributed by atoms with Crippen LogP contribution in [0.4, 0.5) is 0 Å². The van der Waals surface area contributed by atoms with E-state index in [0.717, 1.165) is 31.6 Å². The van der Waals surface area contributed by atoms with Gasteiger partial charge in [-0.3, -0.25) is 14.9 Å². The van der Waals surface area contributed by atoms with E-state index in [0.29, 0.717) is 11.7 Å². The summed E-state index contributed by atoms with van der Waals surface area (Å²) in [6, 6.07) is 5.56. The Balaban J connectivity index is 1.55. The molecule has 0 bridgehead atoms. The molecule has 2 aromatic rings. The largest absolute Gasteiger partial charge is 0.482 e. The molecular weight excluding hydrogens is 268 g/mol. The highest BCUT2D eigenvalue weighted by Gasteiger charge is 2.25. The fourth-order valence-corrected chi connectivity index (χ4v) is 2.62. The molecule has 0 aliphatic carbocycles. The lowest BCUT2D eigenvalue weighted by Gasteiger charge is -2.32. The van der Waals surface area contributed by atoms with Crippen LogP contribution in [0.2, 0.25) is 0 Å². The molecule has 3 heterocycles. The highest BCUT2D eigenvalue weighted by atomic mass is 16.5. The second kappa shape index (κ2) is 6.39. The van der Waals surface area contributed by atoms with Crippen LogP contribution < -0.4 is 4.74 Å². The molecule has 6 heteroatoms. The molecule has 0 aromatic carbocycles. The average molecular weight is 286 g/mol. The van der Waals surface area contributed by atoms with Crippen LogP contribution in [0.25, 0.3) is 0 Å². The number of ether oxygens (including phenoxy) is 1. The first-order chi connectivity index (χ1) is 10.3. The minimum absolute atomic E-state index is 0.0167. The van der Waals surface area contributed by atoms with Crippen molar-refractivity contribution in [3.8, 4) is 5.75 Å². The topological polar surface area (TPSA) is 71.1 Å². The number of amides is 1. The van der Waals surface area contributed by atoms with E-state index >= 15 is 0 Å². The van der Waals surface area contributed by atoms with Crippen LogP contribution in [0.5, 0.6) is 5.75 Å². The highest BCUT2D eigenvalue weighted by molar-refractivity contribution is 5.78. The number of pyridine rings is 1. The number of nitrogens with one attached hydrogen (secondary N) is 1. The number of hydrogen-bond donors (Lipinski definition) is 1. The molecule has 3 rings (SSSR count). The normalized spacial score (nSPS) is 18.5. The van der Waals surface area contributed by atoms with Crippen molar-refractivity contribution in [3.05, 3.63) is 42.5 Å². The number of piperidine rings is 1. The summed E-state index contributed by atoms with van der Waals surface area (Å²) in [5, 5.41) is 6.98. The summed E-state index contributed by atoms with van der Waals surface area (Å²) in [5.74, 6) is 0.972. The third-order valence-corrected chi connectivity index (χ3v) is 3.73. The van der Waals surface area contributed by atoms with Crippen molar-refractivity contribution in [2.45, 2.75) is 18.8 Å². The van der Waals surface area contributed by atoms with Gasteiger partial charge in [0, 0.05) is 37.1 Å². The number of nitrogens with zero attached hydrogens (tertiary/aromatic N) is 3. The zero-order valence-corrected chi connectivity index (χ0v) is 11.7. The molecule has 0 spiro atoms. The maximum absolute atomic E-state index is 12.2. The predicted octanol–water partition coefficient (Wildman–Crippen LogP) is 1.59. The molecule has 1 saturated heterocycles. The Labute approximate surface area is 123 Å². The van der Waals surface area contributed by atoms with E-state index in [1.807, 2.05) is 11.0 Å². The van der Waals surface area contributed by atoms with Crippen molar-refractivity contribution in [2.24, 2.45) is 0 Å². The van der Waals surface area contributed by atoms with Crippen LogP contribution in [0.3, 0.4) is 0 Å². The van der Waals surface area contributed by atoms with Crippen LogP contribution in [0, 0.1) is 0 Å². The standard InChI is InChI=1S/C15H18N4O2/c20-15(11-21-13-4-1-6-16-9-13)19-8-2-3-12(10-19)14-5-7-17-18-14/h1,4-7,9,12H,2-3,8,10-11H2,(H,17,18). The first-order valence-electron chi connectivity index (χ1n) is 7.13. The van der Waals surface area contributed by atoms with Crippen molar-refractivity contribution in [1.82, 2.24) is 20.1 Å². The van der Waals surface area contributed by atoms with Crippen molar-refractivity contribution in [3.63, 3.8) is 0 Å². The number of likely N-dealkylation sites (tertiary alicyclic amines) is 1. The second-order valence-corrected chi connectivity index (χ2v) is 5.17.